The van der Waals surface area contributed by atoms with Gasteiger partial charge in [0.15, 0.2) is 0 Å². The van der Waals surface area contributed by atoms with E-state index in [0.717, 1.165) is 6.92 Å². The number of rotatable bonds is 0. The van der Waals surface area contributed by atoms with Crippen LogP contribution in [0.15, 0.2) is 0 Å². The number of aliphatic carboxylic acids is 1. The van der Waals surface area contributed by atoms with Crippen molar-refractivity contribution in [1.82, 2.24) is 0 Å². The lowest BCUT2D eigenvalue weighted by Gasteiger charge is -1.65. The van der Waals surface area contributed by atoms with Gasteiger partial charge in [-0.15, -0.1) is 0 Å². The number of aliphatic hydroxyl groups excluding tert-OH is 1. The highest BCUT2D eigenvalue weighted by Crippen LogP contribution is 1.70. The number of halogens is 1. The molecule has 0 aliphatic heterocycles. The average molecular weight is 209 g/mol. The lowest BCUT2D eigenvalue weighted by Crippen LogP contribution is -1.78. The highest BCUT2D eigenvalue weighted by atomic mass is 79.9. The van der Waals surface area contributed by atoms with Gasteiger partial charge < -0.3 is 10.2 Å². The Kier molecular flexibility index (Phi) is 13.7. The summed E-state index contributed by atoms with van der Waals surface area (Å²) < 4.78 is 0. The maximum atomic E-state index is 9.00. The van der Waals surface area contributed by atoms with E-state index in [0.29, 0.717) is 5.33 Å². The Morgan fingerprint density at radius 1 is 1.60 bits per heavy atom. The molecule has 0 aromatic carbocycles. The van der Waals surface area contributed by atoms with Crippen molar-refractivity contribution in [3.63, 3.8) is 0 Å². The first-order valence-corrected chi connectivity index (χ1v) is 3.59. The Balaban J connectivity index is 0. The summed E-state index contributed by atoms with van der Waals surface area (Å²) in [6.07, 6.45) is 0. The molecule has 4 heteroatoms. The number of hydrogen-bond donors (Lipinski definition) is 2. The third-order valence-corrected chi connectivity index (χ3v) is 0.551. The van der Waals surface area contributed by atoms with E-state index >= 15 is 0 Å². The second kappa shape index (κ2) is 11.3. The monoisotopic (exact) mass is 208 g/mol. The largest absolute Gasteiger partial charge is 0.481 e. The van der Waals surface area contributed by atoms with Crippen LogP contribution in [-0.4, -0.2) is 28.1 Å². The van der Waals surface area contributed by atoms with Crippen LogP contribution in [0.25, 0.3) is 0 Å². The van der Waals surface area contributed by atoms with E-state index in [1.165, 1.54) is 0 Å². The van der Waals surface area contributed by atoms with Crippen molar-refractivity contribution in [1.29, 1.82) is 0 Å². The van der Waals surface area contributed by atoms with Crippen LogP contribution in [-0.2, 0) is 4.79 Å². The van der Waals surface area contributed by atoms with E-state index in [9.17, 15) is 0 Å². The van der Waals surface area contributed by atoms with E-state index in [-0.39, 0.29) is 6.61 Å². The smallest absolute Gasteiger partial charge is 0.300 e. The summed E-state index contributed by atoms with van der Waals surface area (Å²) in [5, 5.41) is 16.1. The molecule has 0 atom stereocenters. The van der Waals surface area contributed by atoms with Crippen molar-refractivity contribution >= 4 is 21.9 Å². The van der Waals surface area contributed by atoms with Crippen molar-refractivity contribution in [2.24, 2.45) is 0 Å². The maximum absolute atomic E-state index is 9.00. The first-order chi connectivity index (χ1) is 4.65. The van der Waals surface area contributed by atoms with Crippen LogP contribution in [0.1, 0.15) is 6.92 Å². The molecule has 3 nitrogen and oxygen atoms in total. The topological polar surface area (TPSA) is 57.5 Å². The van der Waals surface area contributed by atoms with Crippen LogP contribution in [0.5, 0.6) is 0 Å². The van der Waals surface area contributed by atoms with Gasteiger partial charge in [-0.3, -0.25) is 4.79 Å². The lowest BCUT2D eigenvalue weighted by atomic mass is 10.6. The molecule has 0 saturated heterocycles. The van der Waals surface area contributed by atoms with Gasteiger partial charge in [0.25, 0.3) is 5.97 Å². The molecular weight excluding hydrogens is 200 g/mol. The molecule has 0 aromatic heterocycles. The minimum Gasteiger partial charge on any atom is -0.481 e. The second-order valence-corrected chi connectivity index (χ2v) is 1.73. The maximum Gasteiger partial charge on any atom is 0.300 e. The molecule has 10 heavy (non-hydrogen) atoms. The van der Waals surface area contributed by atoms with Crippen LogP contribution >= 0.6 is 15.9 Å². The summed E-state index contributed by atoms with van der Waals surface area (Å²) in [7, 11) is 0. The van der Waals surface area contributed by atoms with Crippen LogP contribution in [0.4, 0.5) is 0 Å². The molecule has 0 fully saturated rings. The van der Waals surface area contributed by atoms with E-state index < -0.39 is 5.97 Å². The number of carboxylic acid groups (broad SMARTS) is 1. The zero-order chi connectivity index (χ0) is 8.41. The third-order valence-electron chi connectivity index (χ3n) is 0.271. The van der Waals surface area contributed by atoms with Crippen molar-refractivity contribution in [3.8, 4) is 11.8 Å². The molecule has 2 N–H and O–H groups in total. The van der Waals surface area contributed by atoms with Crippen LogP contribution < -0.4 is 0 Å². The van der Waals surface area contributed by atoms with Gasteiger partial charge in [0.05, 0.1) is 5.33 Å². The highest BCUT2D eigenvalue weighted by molar-refractivity contribution is 9.09. The average Bonchev–Trinajstić information content (AvgIpc) is 1.82. The summed E-state index contributed by atoms with van der Waals surface area (Å²) in [5.74, 6) is 4.24. The summed E-state index contributed by atoms with van der Waals surface area (Å²) >= 11 is 3.07. The first-order valence-electron chi connectivity index (χ1n) is 2.47. The SMILES string of the molecule is CC(=O)O.OCC#CCBr. The van der Waals surface area contributed by atoms with Crippen molar-refractivity contribution in [2.45, 2.75) is 6.92 Å². The van der Waals surface area contributed by atoms with E-state index in [4.69, 9.17) is 15.0 Å². The molecule has 0 radical (unpaired) electrons. The Morgan fingerprint density at radius 3 is 2.10 bits per heavy atom. The molecule has 58 valence electrons. The van der Waals surface area contributed by atoms with Crippen molar-refractivity contribution < 1.29 is 15.0 Å². The number of carbonyl (C=O) groups is 1. The minimum atomic E-state index is -0.833. The fourth-order valence-corrected chi connectivity index (χ4v) is 0.301. The van der Waals surface area contributed by atoms with Gasteiger partial charge in [-0.1, -0.05) is 27.8 Å². The summed E-state index contributed by atoms with van der Waals surface area (Å²) in [4.78, 5) is 9.00. The standard InChI is InChI=1S/C4H5BrO.C2H4O2/c5-3-1-2-4-6;1-2(3)4/h6H,3-4H2;1H3,(H,3,4). The van der Waals surface area contributed by atoms with Gasteiger partial charge in [0, 0.05) is 6.92 Å². The molecule has 0 saturated carbocycles. The summed E-state index contributed by atoms with van der Waals surface area (Å²) in [6, 6.07) is 0. The van der Waals surface area contributed by atoms with Gasteiger partial charge in [-0.05, 0) is 0 Å². The molecular formula is C6H9BrO3. The fraction of sp³-hybridized carbons (Fsp3) is 0.500. The second-order valence-electron chi connectivity index (χ2n) is 1.16. The van der Waals surface area contributed by atoms with Gasteiger partial charge in [-0.2, -0.15) is 0 Å². The van der Waals surface area contributed by atoms with Gasteiger partial charge in [-0.25, -0.2) is 0 Å². The molecule has 0 amide bonds. The van der Waals surface area contributed by atoms with Crippen LogP contribution in [0, 0.1) is 11.8 Å². The van der Waals surface area contributed by atoms with Crippen LogP contribution in [0.3, 0.4) is 0 Å². The van der Waals surface area contributed by atoms with Gasteiger partial charge >= 0.3 is 0 Å². The Labute approximate surface area is 68.2 Å². The third kappa shape index (κ3) is 51.3. The van der Waals surface area contributed by atoms with Crippen LogP contribution in [0.2, 0.25) is 0 Å². The van der Waals surface area contributed by atoms with E-state index in [1.807, 2.05) is 0 Å². The first kappa shape index (κ1) is 12.2. The fourth-order valence-electron chi connectivity index (χ4n) is 0.103. The molecule has 0 rings (SSSR count). The van der Waals surface area contributed by atoms with E-state index in [2.05, 4.69) is 27.8 Å². The molecule has 0 spiro atoms. The summed E-state index contributed by atoms with van der Waals surface area (Å²) in [6.45, 7) is 1.05. The quantitative estimate of drug-likeness (QED) is 0.450. The van der Waals surface area contributed by atoms with Crippen molar-refractivity contribution in [2.75, 3.05) is 11.9 Å². The molecule has 0 unspecified atom stereocenters. The Bertz CT molecular complexity index is 122. The molecule has 0 bridgehead atoms. The van der Waals surface area contributed by atoms with Gasteiger partial charge in [0.2, 0.25) is 0 Å². The molecule has 0 aliphatic rings. The zero-order valence-corrected chi connectivity index (χ0v) is 7.18. The number of carboxylic acids is 1. The number of hydrogen-bond acceptors (Lipinski definition) is 2. The van der Waals surface area contributed by atoms with Crippen molar-refractivity contribution in [3.05, 3.63) is 0 Å². The Hall–Kier alpha value is -0.530. The zero-order valence-electron chi connectivity index (χ0n) is 5.59. The van der Waals surface area contributed by atoms with E-state index in [1.54, 1.807) is 0 Å². The minimum absolute atomic E-state index is 0.0361. The molecule has 0 aliphatic carbocycles. The highest BCUT2D eigenvalue weighted by Gasteiger charge is 1.65. The normalized spacial score (nSPS) is 6.30. The lowest BCUT2D eigenvalue weighted by molar-refractivity contribution is -0.134. The Morgan fingerprint density at radius 2 is 2.00 bits per heavy atom. The predicted octanol–water partition coefficient (Wildman–Crippen LogP) is 0.468. The van der Waals surface area contributed by atoms with Gasteiger partial charge in [0.1, 0.15) is 6.61 Å². The predicted molar refractivity (Wildman–Crippen MR) is 42.0 cm³/mol. The number of alkyl halides is 1. The molecule has 0 heterocycles. The summed E-state index contributed by atoms with van der Waals surface area (Å²) in [5.41, 5.74) is 0. The number of aliphatic hydroxyl groups is 1. The molecule has 0 aromatic rings.